The average molecular weight is 443 g/mol. The number of anilines is 1. The fraction of sp³-hybridized carbons (Fsp3) is 0.231. The Kier molecular flexibility index (Phi) is 6.49. The van der Waals surface area contributed by atoms with Gasteiger partial charge < -0.3 is 20.7 Å². The number of phenolic OH excluding ortho intramolecular Hbond substituents is 1. The van der Waals surface area contributed by atoms with Crippen molar-refractivity contribution in [2.45, 2.75) is 25.8 Å². The summed E-state index contributed by atoms with van der Waals surface area (Å²) in [6, 6.07) is 17.3. The molecule has 4 rings (SSSR count). The maximum atomic E-state index is 13.2. The lowest BCUT2D eigenvalue weighted by Gasteiger charge is -2.23. The Hall–Kier alpha value is -4.00. The molecule has 168 valence electrons. The molecule has 2 unspecified atom stereocenters. The Morgan fingerprint density at radius 3 is 2.67 bits per heavy atom. The van der Waals surface area contributed by atoms with E-state index >= 15 is 0 Å². The lowest BCUT2D eigenvalue weighted by Crippen LogP contribution is -2.36. The largest absolute Gasteiger partial charge is 0.508 e. The molecule has 2 aromatic carbocycles. The van der Waals surface area contributed by atoms with Crippen LogP contribution in [0, 0.1) is 18.3 Å². The number of phenols is 1. The Morgan fingerprint density at radius 2 is 1.94 bits per heavy atom. The number of hydrogen-bond acceptors (Lipinski definition) is 5. The van der Waals surface area contributed by atoms with Gasteiger partial charge in [0.1, 0.15) is 5.75 Å². The molecule has 33 heavy (non-hydrogen) atoms. The van der Waals surface area contributed by atoms with Crippen molar-refractivity contribution >= 4 is 23.2 Å². The standard InChI is InChI=1S/C26H26N4O3/c1-17-7-2-4-10-23(17)30-16-19(13-25(30)32)26(33)29-22(20-9-3-5-11-24(20)31)14-21(27)18-8-6-12-28-15-18/h2-12,15,19,22,27,31H,13-14,16H2,1H3,(H,29,33). The predicted octanol–water partition coefficient (Wildman–Crippen LogP) is 3.76. The Labute approximate surface area is 192 Å². The molecule has 7 nitrogen and oxygen atoms in total. The van der Waals surface area contributed by atoms with Crippen LogP contribution in [0.3, 0.4) is 0 Å². The van der Waals surface area contributed by atoms with Crippen molar-refractivity contribution in [3.8, 4) is 5.75 Å². The van der Waals surface area contributed by atoms with Crippen LogP contribution >= 0.6 is 0 Å². The number of aromatic nitrogens is 1. The van der Waals surface area contributed by atoms with Crippen molar-refractivity contribution in [1.29, 1.82) is 5.41 Å². The summed E-state index contributed by atoms with van der Waals surface area (Å²) in [4.78, 5) is 31.6. The molecular formula is C26H26N4O3. The molecule has 7 heteroatoms. The SMILES string of the molecule is Cc1ccccc1N1CC(C(=O)NC(CC(=N)c2cccnc2)c2ccccc2O)CC1=O. The van der Waals surface area contributed by atoms with E-state index in [1.807, 2.05) is 31.2 Å². The van der Waals surface area contributed by atoms with Crippen LogP contribution in [0.2, 0.25) is 0 Å². The lowest BCUT2D eigenvalue weighted by molar-refractivity contribution is -0.126. The molecule has 1 aliphatic rings. The first-order valence-corrected chi connectivity index (χ1v) is 10.9. The minimum Gasteiger partial charge on any atom is -0.508 e. The second-order valence-corrected chi connectivity index (χ2v) is 8.24. The highest BCUT2D eigenvalue weighted by molar-refractivity contribution is 6.01. The van der Waals surface area contributed by atoms with Crippen molar-refractivity contribution in [3.63, 3.8) is 0 Å². The summed E-state index contributed by atoms with van der Waals surface area (Å²) in [6.45, 7) is 2.23. The van der Waals surface area contributed by atoms with Crippen LogP contribution in [0.5, 0.6) is 5.75 Å². The van der Waals surface area contributed by atoms with Crippen LogP contribution in [0.15, 0.2) is 73.1 Å². The molecule has 2 heterocycles. The van der Waals surface area contributed by atoms with Gasteiger partial charge >= 0.3 is 0 Å². The highest BCUT2D eigenvalue weighted by atomic mass is 16.3. The van der Waals surface area contributed by atoms with Gasteiger partial charge in [0.05, 0.1) is 12.0 Å². The number of rotatable bonds is 7. The zero-order chi connectivity index (χ0) is 23.4. The van der Waals surface area contributed by atoms with Gasteiger partial charge in [-0.15, -0.1) is 0 Å². The Balaban J connectivity index is 1.53. The molecule has 1 aromatic heterocycles. The van der Waals surface area contributed by atoms with E-state index in [2.05, 4.69) is 10.3 Å². The fourth-order valence-corrected chi connectivity index (χ4v) is 4.16. The molecule has 0 bridgehead atoms. The van der Waals surface area contributed by atoms with Crippen molar-refractivity contribution in [3.05, 3.63) is 89.7 Å². The highest BCUT2D eigenvalue weighted by Crippen LogP contribution is 2.31. The van der Waals surface area contributed by atoms with Gasteiger partial charge in [-0.25, -0.2) is 0 Å². The van der Waals surface area contributed by atoms with E-state index in [1.54, 1.807) is 53.7 Å². The number of para-hydroxylation sites is 2. The smallest absolute Gasteiger partial charge is 0.227 e. The third-order valence-electron chi connectivity index (χ3n) is 5.95. The van der Waals surface area contributed by atoms with Crippen LogP contribution in [-0.2, 0) is 9.59 Å². The minimum atomic E-state index is -0.617. The summed E-state index contributed by atoms with van der Waals surface area (Å²) in [5, 5.41) is 21.9. The normalized spacial score (nSPS) is 16.5. The lowest BCUT2D eigenvalue weighted by atomic mass is 9.96. The van der Waals surface area contributed by atoms with Crippen LogP contribution in [0.4, 0.5) is 5.69 Å². The molecule has 2 atom stereocenters. The fourth-order valence-electron chi connectivity index (χ4n) is 4.16. The van der Waals surface area contributed by atoms with Gasteiger partial charge in [0, 0.05) is 54.3 Å². The molecule has 0 radical (unpaired) electrons. The third kappa shape index (κ3) is 4.92. The van der Waals surface area contributed by atoms with E-state index in [1.165, 1.54) is 0 Å². The predicted molar refractivity (Wildman–Crippen MR) is 126 cm³/mol. The minimum absolute atomic E-state index is 0.0471. The van der Waals surface area contributed by atoms with Gasteiger partial charge in [0.15, 0.2) is 0 Å². The second kappa shape index (κ2) is 9.65. The average Bonchev–Trinajstić information content (AvgIpc) is 3.21. The second-order valence-electron chi connectivity index (χ2n) is 8.24. The monoisotopic (exact) mass is 442 g/mol. The summed E-state index contributed by atoms with van der Waals surface area (Å²) < 4.78 is 0. The number of nitrogens with zero attached hydrogens (tertiary/aromatic N) is 2. The number of carbonyl (C=O) groups excluding carboxylic acids is 2. The van der Waals surface area contributed by atoms with Crippen molar-refractivity contribution in [2.75, 3.05) is 11.4 Å². The number of aryl methyl sites for hydroxylation is 1. The molecule has 0 spiro atoms. The molecule has 0 aliphatic carbocycles. The van der Waals surface area contributed by atoms with E-state index in [4.69, 9.17) is 5.41 Å². The van der Waals surface area contributed by atoms with E-state index < -0.39 is 12.0 Å². The molecule has 1 aliphatic heterocycles. The van der Waals surface area contributed by atoms with E-state index in [0.717, 1.165) is 11.3 Å². The van der Waals surface area contributed by atoms with Gasteiger partial charge in [-0.3, -0.25) is 14.6 Å². The quantitative estimate of drug-likeness (QED) is 0.484. The summed E-state index contributed by atoms with van der Waals surface area (Å²) in [5.41, 5.74) is 3.26. The summed E-state index contributed by atoms with van der Waals surface area (Å²) in [7, 11) is 0. The van der Waals surface area contributed by atoms with Gasteiger partial charge in [-0.2, -0.15) is 0 Å². The number of pyridine rings is 1. The topological polar surface area (TPSA) is 106 Å². The first-order chi connectivity index (χ1) is 15.9. The number of benzene rings is 2. The zero-order valence-corrected chi connectivity index (χ0v) is 18.4. The molecule has 2 amide bonds. The van der Waals surface area contributed by atoms with Crippen LogP contribution in [-0.4, -0.2) is 34.2 Å². The van der Waals surface area contributed by atoms with Crippen molar-refractivity contribution < 1.29 is 14.7 Å². The zero-order valence-electron chi connectivity index (χ0n) is 18.4. The van der Waals surface area contributed by atoms with E-state index in [9.17, 15) is 14.7 Å². The maximum absolute atomic E-state index is 13.2. The first kappa shape index (κ1) is 22.2. The Morgan fingerprint density at radius 1 is 1.18 bits per heavy atom. The van der Waals surface area contributed by atoms with Gasteiger partial charge in [0.25, 0.3) is 0 Å². The van der Waals surface area contributed by atoms with Crippen LogP contribution in [0.25, 0.3) is 0 Å². The molecule has 1 saturated heterocycles. The van der Waals surface area contributed by atoms with E-state index in [-0.39, 0.29) is 30.4 Å². The van der Waals surface area contributed by atoms with Crippen LogP contribution in [0.1, 0.15) is 35.6 Å². The molecule has 0 saturated carbocycles. The van der Waals surface area contributed by atoms with Gasteiger partial charge in [-0.1, -0.05) is 42.5 Å². The third-order valence-corrected chi connectivity index (χ3v) is 5.95. The molecular weight excluding hydrogens is 416 g/mol. The number of carbonyl (C=O) groups is 2. The highest BCUT2D eigenvalue weighted by Gasteiger charge is 2.36. The first-order valence-electron chi connectivity index (χ1n) is 10.9. The Bertz CT molecular complexity index is 1180. The van der Waals surface area contributed by atoms with Crippen LogP contribution < -0.4 is 10.2 Å². The number of hydrogen-bond donors (Lipinski definition) is 3. The van der Waals surface area contributed by atoms with Crippen molar-refractivity contribution in [1.82, 2.24) is 10.3 Å². The summed E-state index contributed by atoms with van der Waals surface area (Å²) >= 11 is 0. The molecule has 1 fully saturated rings. The molecule has 3 aromatic rings. The maximum Gasteiger partial charge on any atom is 0.227 e. The van der Waals surface area contributed by atoms with Gasteiger partial charge in [-0.05, 0) is 30.7 Å². The number of nitrogens with one attached hydrogen (secondary N) is 2. The summed E-state index contributed by atoms with van der Waals surface area (Å²) in [5.74, 6) is -0.831. The molecule has 3 N–H and O–H groups in total. The number of amides is 2. The van der Waals surface area contributed by atoms with Gasteiger partial charge in [0.2, 0.25) is 11.8 Å². The van der Waals surface area contributed by atoms with E-state index in [0.29, 0.717) is 23.4 Å². The van der Waals surface area contributed by atoms with Crippen molar-refractivity contribution in [2.24, 2.45) is 5.92 Å². The summed E-state index contributed by atoms with van der Waals surface area (Å²) in [6.07, 6.45) is 3.53. The number of aromatic hydroxyl groups is 1.